The molecule has 2 heterocycles. The molecule has 33 heavy (non-hydrogen) atoms. The monoisotopic (exact) mass is 476 g/mol. The number of amides is 2. The number of rotatable bonds is 4. The van der Waals surface area contributed by atoms with Crippen LogP contribution >= 0.6 is 11.8 Å². The highest BCUT2D eigenvalue weighted by Crippen LogP contribution is 2.38. The number of hydrogen-bond acceptors (Lipinski definition) is 6. The lowest BCUT2D eigenvalue weighted by Gasteiger charge is -2.31. The van der Waals surface area contributed by atoms with Crippen molar-refractivity contribution in [2.24, 2.45) is 0 Å². The molecule has 0 bridgehead atoms. The number of benzene rings is 2. The molecular formula is C22H19F3N4O3S. The van der Waals surface area contributed by atoms with Gasteiger partial charge in [-0.2, -0.15) is 13.2 Å². The van der Waals surface area contributed by atoms with Crippen molar-refractivity contribution in [1.82, 2.24) is 10.2 Å². The fourth-order valence-electron chi connectivity index (χ4n) is 3.67. The van der Waals surface area contributed by atoms with Gasteiger partial charge >= 0.3 is 6.18 Å². The van der Waals surface area contributed by atoms with Crippen LogP contribution < -0.4 is 10.2 Å². The zero-order chi connectivity index (χ0) is 23.8. The molecule has 2 aromatic carbocycles. The van der Waals surface area contributed by atoms with E-state index in [1.165, 1.54) is 18.2 Å². The Morgan fingerprint density at radius 2 is 1.88 bits per heavy atom. The molecule has 1 atom stereocenters. The van der Waals surface area contributed by atoms with Gasteiger partial charge in [0.15, 0.2) is 0 Å². The summed E-state index contributed by atoms with van der Waals surface area (Å²) < 4.78 is 47.0. The molecule has 172 valence electrons. The van der Waals surface area contributed by atoms with Gasteiger partial charge < -0.3 is 9.73 Å². The van der Waals surface area contributed by atoms with E-state index < -0.39 is 30.5 Å². The van der Waals surface area contributed by atoms with Gasteiger partial charge in [0, 0.05) is 5.56 Å². The minimum atomic E-state index is -4.80. The van der Waals surface area contributed by atoms with Crippen LogP contribution in [0.25, 0.3) is 11.5 Å². The second-order valence-corrected chi connectivity index (χ2v) is 8.56. The molecule has 1 N–H and O–H groups in total. The Labute approximate surface area is 191 Å². The number of carbonyl (C=O) groups excluding carboxylic acids is 2. The lowest BCUT2D eigenvalue weighted by molar-refractivity contribution is -0.157. The second kappa shape index (κ2) is 8.89. The first-order valence-electron chi connectivity index (χ1n) is 9.94. The van der Waals surface area contributed by atoms with Crippen molar-refractivity contribution in [1.29, 1.82) is 0 Å². The molecule has 2 amide bonds. The number of aromatic nitrogens is 2. The minimum absolute atomic E-state index is 0.0160. The molecule has 0 saturated carbocycles. The molecule has 4 rings (SSSR count). The van der Waals surface area contributed by atoms with Crippen molar-refractivity contribution in [2.45, 2.75) is 37.7 Å². The first-order chi connectivity index (χ1) is 15.6. The predicted octanol–water partition coefficient (Wildman–Crippen LogP) is 4.75. The molecule has 1 unspecified atom stereocenters. The number of alkyl halides is 3. The number of nitrogens with one attached hydrogen (secondary N) is 1. The summed E-state index contributed by atoms with van der Waals surface area (Å²) >= 11 is 0.837. The van der Waals surface area contributed by atoms with E-state index in [9.17, 15) is 22.8 Å². The number of aryl methyl sites for hydroxylation is 2. The fraction of sp³-hybridized carbons (Fsp3) is 0.273. The number of halogens is 3. The smallest absolute Gasteiger partial charge is 0.409 e. The number of carbonyl (C=O) groups is 2. The average Bonchev–Trinajstić information content (AvgIpc) is 3.14. The van der Waals surface area contributed by atoms with Crippen LogP contribution in [0.15, 0.2) is 52.1 Å². The molecule has 1 aliphatic rings. The maximum atomic E-state index is 13.8. The molecule has 0 radical (unpaired) electrons. The molecule has 7 nitrogen and oxygen atoms in total. The largest absolute Gasteiger partial charge is 0.411 e. The predicted molar refractivity (Wildman–Crippen MR) is 117 cm³/mol. The normalized spacial score (nSPS) is 16.2. The minimum Gasteiger partial charge on any atom is -0.411 e. The van der Waals surface area contributed by atoms with Crippen LogP contribution in [0.1, 0.15) is 17.5 Å². The van der Waals surface area contributed by atoms with Gasteiger partial charge in [-0.15, -0.1) is 10.2 Å². The maximum Gasteiger partial charge on any atom is 0.409 e. The molecule has 0 spiro atoms. The fourth-order valence-corrected chi connectivity index (χ4v) is 4.29. The molecule has 0 saturated heterocycles. The van der Waals surface area contributed by atoms with Crippen molar-refractivity contribution in [2.75, 3.05) is 16.0 Å². The van der Waals surface area contributed by atoms with Gasteiger partial charge in [-0.1, -0.05) is 41.1 Å². The Morgan fingerprint density at radius 1 is 1.18 bits per heavy atom. The zero-order valence-corrected chi connectivity index (χ0v) is 18.5. The Hall–Kier alpha value is -3.34. The van der Waals surface area contributed by atoms with Gasteiger partial charge in [-0.25, -0.2) is 0 Å². The van der Waals surface area contributed by atoms with Gasteiger partial charge in [0.1, 0.15) is 6.04 Å². The van der Waals surface area contributed by atoms with E-state index >= 15 is 0 Å². The summed E-state index contributed by atoms with van der Waals surface area (Å²) in [6.07, 6.45) is -5.69. The highest BCUT2D eigenvalue weighted by molar-refractivity contribution is 7.99. The van der Waals surface area contributed by atoms with Gasteiger partial charge in [0.05, 0.1) is 23.5 Å². The molecule has 1 aromatic heterocycles. The molecule has 1 aliphatic heterocycles. The van der Waals surface area contributed by atoms with Crippen LogP contribution in [0.5, 0.6) is 0 Å². The van der Waals surface area contributed by atoms with Crippen LogP contribution in [-0.4, -0.2) is 40.0 Å². The van der Waals surface area contributed by atoms with Crippen LogP contribution in [0.2, 0.25) is 0 Å². The third-order valence-electron chi connectivity index (χ3n) is 4.97. The van der Waals surface area contributed by atoms with E-state index in [0.717, 1.165) is 22.9 Å². The lowest BCUT2D eigenvalue weighted by Crippen LogP contribution is -2.50. The van der Waals surface area contributed by atoms with E-state index in [1.54, 1.807) is 6.07 Å². The highest BCUT2D eigenvalue weighted by atomic mass is 32.2. The van der Waals surface area contributed by atoms with Gasteiger partial charge in [-0.05, 0) is 38.1 Å². The molecule has 0 fully saturated rings. The summed E-state index contributed by atoms with van der Waals surface area (Å²) in [5.41, 5.74) is 2.85. The Balaban J connectivity index is 1.57. The topological polar surface area (TPSA) is 88.3 Å². The number of thioether (sulfide) groups is 1. The van der Waals surface area contributed by atoms with Crippen LogP contribution in [0.3, 0.4) is 0 Å². The van der Waals surface area contributed by atoms with Crippen molar-refractivity contribution >= 4 is 35.0 Å². The molecular weight excluding hydrogens is 457 g/mol. The van der Waals surface area contributed by atoms with E-state index in [-0.39, 0.29) is 28.2 Å². The first-order valence-corrected chi connectivity index (χ1v) is 10.9. The lowest BCUT2D eigenvalue weighted by atomic mass is 10.1. The average molecular weight is 476 g/mol. The highest BCUT2D eigenvalue weighted by Gasteiger charge is 2.48. The van der Waals surface area contributed by atoms with Gasteiger partial charge in [0.25, 0.3) is 5.22 Å². The Bertz CT molecular complexity index is 1190. The van der Waals surface area contributed by atoms with Gasteiger partial charge in [-0.3, -0.25) is 14.5 Å². The second-order valence-electron chi connectivity index (χ2n) is 7.63. The quantitative estimate of drug-likeness (QED) is 0.547. The van der Waals surface area contributed by atoms with Crippen LogP contribution in [0, 0.1) is 13.8 Å². The third kappa shape index (κ3) is 5.03. The third-order valence-corrected chi connectivity index (χ3v) is 5.77. The number of hydrogen-bond donors (Lipinski definition) is 1. The van der Waals surface area contributed by atoms with Crippen molar-refractivity contribution in [3.63, 3.8) is 0 Å². The first kappa shape index (κ1) is 22.8. The summed E-state index contributed by atoms with van der Waals surface area (Å²) in [6.45, 7) is 3.85. The Morgan fingerprint density at radius 3 is 2.58 bits per heavy atom. The van der Waals surface area contributed by atoms with E-state index in [0.29, 0.717) is 10.5 Å². The SMILES string of the molecule is Cc1cc(C)cc(-c2nnc(SCC(=O)N3c4ccccc4NC(=O)CC3C(F)(F)F)o2)c1. The number of anilines is 2. The van der Waals surface area contributed by atoms with E-state index in [1.807, 2.05) is 32.0 Å². The molecule has 3 aromatic rings. The van der Waals surface area contributed by atoms with E-state index in [4.69, 9.17) is 4.42 Å². The van der Waals surface area contributed by atoms with Crippen molar-refractivity contribution < 1.29 is 27.2 Å². The van der Waals surface area contributed by atoms with Crippen molar-refractivity contribution in [3.8, 4) is 11.5 Å². The summed E-state index contributed by atoms with van der Waals surface area (Å²) in [5, 5.41) is 10.4. The van der Waals surface area contributed by atoms with E-state index in [2.05, 4.69) is 15.5 Å². The molecule has 11 heteroatoms. The summed E-state index contributed by atoms with van der Waals surface area (Å²) in [4.78, 5) is 25.7. The Kier molecular flexibility index (Phi) is 6.15. The zero-order valence-electron chi connectivity index (χ0n) is 17.6. The van der Waals surface area contributed by atoms with Crippen LogP contribution in [0.4, 0.5) is 24.5 Å². The number of fused-ring (bicyclic) bond motifs is 1. The molecule has 0 aliphatic carbocycles. The number of para-hydroxylation sites is 2. The number of nitrogens with zero attached hydrogens (tertiary/aromatic N) is 3. The summed E-state index contributed by atoms with van der Waals surface area (Å²) in [5.74, 6) is -1.79. The maximum absolute atomic E-state index is 13.8. The van der Waals surface area contributed by atoms with Crippen LogP contribution in [-0.2, 0) is 9.59 Å². The standard InChI is InChI=1S/C22H19F3N4O3S/c1-12-7-13(2)9-14(8-12)20-27-28-21(32-20)33-11-19(31)29-16-6-4-3-5-15(16)26-18(30)10-17(29)22(23,24)25/h3-9,17H,10-11H2,1-2H3,(H,26,30). The summed E-state index contributed by atoms with van der Waals surface area (Å²) in [6, 6.07) is 9.33. The summed E-state index contributed by atoms with van der Waals surface area (Å²) in [7, 11) is 0. The van der Waals surface area contributed by atoms with Crippen molar-refractivity contribution in [3.05, 3.63) is 53.6 Å². The van der Waals surface area contributed by atoms with Gasteiger partial charge in [0.2, 0.25) is 17.7 Å².